The van der Waals surface area contributed by atoms with E-state index < -0.39 is 0 Å². The molecular weight excluding hydrogens is 320 g/mol. The average molecular weight is 344 g/mol. The first kappa shape index (κ1) is 17.9. The molecule has 0 atom stereocenters. The van der Waals surface area contributed by atoms with Crippen molar-refractivity contribution < 1.29 is 4.79 Å². The number of nitrogens with zero attached hydrogens (tertiary/aromatic N) is 1. The van der Waals surface area contributed by atoms with Gasteiger partial charge in [-0.05, 0) is 40.8 Å². The summed E-state index contributed by atoms with van der Waals surface area (Å²) in [6.07, 6.45) is 0. The summed E-state index contributed by atoms with van der Waals surface area (Å²) in [5, 5.41) is 6.59. The highest BCUT2D eigenvalue weighted by atomic mass is 16.2. The number of hydrazone groups is 1. The van der Waals surface area contributed by atoms with Crippen molar-refractivity contribution in [1.29, 1.82) is 0 Å². The maximum Gasteiger partial charge on any atom is 0.271 e. The number of fused-ring (bicyclic) bond motifs is 1. The molecule has 0 spiro atoms. The predicted molar refractivity (Wildman–Crippen MR) is 109 cm³/mol. The molecule has 0 fully saturated rings. The zero-order chi connectivity index (χ0) is 18.7. The third-order valence-electron chi connectivity index (χ3n) is 4.52. The first-order valence-electron chi connectivity index (χ1n) is 8.79. The molecule has 0 unspecified atom stereocenters. The van der Waals surface area contributed by atoms with Crippen LogP contribution in [0.2, 0.25) is 0 Å². The summed E-state index contributed by atoms with van der Waals surface area (Å²) in [5.74, 6) is -0.204. The molecule has 0 bridgehead atoms. The number of hydrogen-bond donors (Lipinski definition) is 1. The standard InChI is InChI=1S/C23H24N2O/c1-16(20-11-7-9-17-8-5-6-10-21(17)20)24-25-22(26)18-12-14-19(15-13-18)23(2,3)4/h5-15H,1-4H3,(H,25,26)/b24-16-. The summed E-state index contributed by atoms with van der Waals surface area (Å²) in [7, 11) is 0. The average Bonchev–Trinajstić information content (AvgIpc) is 2.64. The molecule has 3 rings (SSSR count). The van der Waals surface area contributed by atoms with Gasteiger partial charge in [-0.25, -0.2) is 5.43 Å². The summed E-state index contributed by atoms with van der Waals surface area (Å²) in [6.45, 7) is 8.37. The normalized spacial score (nSPS) is 12.2. The molecule has 1 amide bonds. The Morgan fingerprint density at radius 1 is 0.885 bits per heavy atom. The quantitative estimate of drug-likeness (QED) is 0.509. The predicted octanol–water partition coefficient (Wildman–Crippen LogP) is 5.29. The van der Waals surface area contributed by atoms with Crippen molar-refractivity contribution >= 4 is 22.4 Å². The van der Waals surface area contributed by atoms with Crippen molar-refractivity contribution in [3.05, 3.63) is 83.4 Å². The molecule has 1 N–H and O–H groups in total. The Balaban J connectivity index is 1.79. The molecule has 3 aromatic rings. The lowest BCUT2D eigenvalue weighted by molar-refractivity contribution is 0.0955. The van der Waals surface area contributed by atoms with Crippen LogP contribution in [-0.2, 0) is 5.41 Å². The number of nitrogens with one attached hydrogen (secondary N) is 1. The Kier molecular flexibility index (Phi) is 4.90. The summed E-state index contributed by atoms with van der Waals surface area (Å²) in [5.41, 5.74) is 6.34. The van der Waals surface area contributed by atoms with Crippen LogP contribution in [0, 0.1) is 0 Å². The van der Waals surface area contributed by atoms with E-state index in [1.165, 1.54) is 5.56 Å². The molecule has 0 aliphatic carbocycles. The van der Waals surface area contributed by atoms with Crippen LogP contribution in [0.1, 0.15) is 49.2 Å². The second-order valence-corrected chi connectivity index (χ2v) is 7.49. The summed E-state index contributed by atoms with van der Waals surface area (Å²) >= 11 is 0. The third-order valence-corrected chi connectivity index (χ3v) is 4.52. The van der Waals surface area contributed by atoms with Gasteiger partial charge in [0.15, 0.2) is 0 Å². The van der Waals surface area contributed by atoms with Crippen molar-refractivity contribution in [2.75, 3.05) is 0 Å². The zero-order valence-corrected chi connectivity index (χ0v) is 15.7. The van der Waals surface area contributed by atoms with Crippen molar-refractivity contribution in [2.45, 2.75) is 33.1 Å². The van der Waals surface area contributed by atoms with Crippen LogP contribution in [0.4, 0.5) is 0 Å². The molecule has 3 aromatic carbocycles. The smallest absolute Gasteiger partial charge is 0.267 e. The Morgan fingerprint density at radius 2 is 1.54 bits per heavy atom. The van der Waals surface area contributed by atoms with E-state index in [1.54, 1.807) is 0 Å². The van der Waals surface area contributed by atoms with Gasteiger partial charge in [-0.2, -0.15) is 5.10 Å². The molecule has 26 heavy (non-hydrogen) atoms. The SMILES string of the molecule is C/C(=N/NC(=O)c1ccc(C(C)(C)C)cc1)c1cccc2ccccc12. The lowest BCUT2D eigenvalue weighted by Gasteiger charge is -2.18. The van der Waals surface area contributed by atoms with Crippen molar-refractivity contribution in [2.24, 2.45) is 5.10 Å². The van der Waals surface area contributed by atoms with Gasteiger partial charge in [0.25, 0.3) is 5.91 Å². The van der Waals surface area contributed by atoms with E-state index in [2.05, 4.69) is 49.5 Å². The van der Waals surface area contributed by atoms with Crippen LogP contribution in [-0.4, -0.2) is 11.6 Å². The molecule has 0 aliphatic heterocycles. The molecular formula is C23H24N2O. The summed E-state index contributed by atoms with van der Waals surface area (Å²) in [6, 6.07) is 21.9. The second-order valence-electron chi connectivity index (χ2n) is 7.49. The Hall–Kier alpha value is -2.94. The fourth-order valence-electron chi connectivity index (χ4n) is 2.92. The highest BCUT2D eigenvalue weighted by molar-refractivity contribution is 6.10. The van der Waals surface area contributed by atoms with Crippen LogP contribution in [0.25, 0.3) is 10.8 Å². The molecule has 3 heteroatoms. The van der Waals surface area contributed by atoms with Crippen LogP contribution in [0.5, 0.6) is 0 Å². The zero-order valence-electron chi connectivity index (χ0n) is 15.7. The van der Waals surface area contributed by atoms with Gasteiger partial charge < -0.3 is 0 Å². The molecule has 0 aliphatic rings. The van der Waals surface area contributed by atoms with E-state index >= 15 is 0 Å². The molecule has 0 heterocycles. The number of carbonyl (C=O) groups is 1. The second kappa shape index (κ2) is 7.12. The van der Waals surface area contributed by atoms with E-state index in [-0.39, 0.29) is 11.3 Å². The van der Waals surface area contributed by atoms with E-state index in [4.69, 9.17) is 0 Å². The topological polar surface area (TPSA) is 41.5 Å². The number of carbonyl (C=O) groups excluding carboxylic acids is 1. The molecule has 0 saturated heterocycles. The minimum absolute atomic E-state index is 0.0676. The van der Waals surface area contributed by atoms with Gasteiger partial charge in [0.2, 0.25) is 0 Å². The Bertz CT molecular complexity index is 958. The van der Waals surface area contributed by atoms with E-state index in [9.17, 15) is 4.79 Å². The van der Waals surface area contributed by atoms with Gasteiger partial charge in [0, 0.05) is 11.1 Å². The molecule has 132 valence electrons. The van der Waals surface area contributed by atoms with E-state index in [0.29, 0.717) is 5.56 Å². The van der Waals surface area contributed by atoms with Gasteiger partial charge in [0.1, 0.15) is 0 Å². The number of benzene rings is 3. The van der Waals surface area contributed by atoms with Crippen molar-refractivity contribution in [3.8, 4) is 0 Å². The Morgan fingerprint density at radius 3 is 2.23 bits per heavy atom. The highest BCUT2D eigenvalue weighted by Crippen LogP contribution is 2.22. The summed E-state index contributed by atoms with van der Waals surface area (Å²) in [4.78, 5) is 12.4. The Labute approximate surface area is 154 Å². The fourth-order valence-corrected chi connectivity index (χ4v) is 2.92. The molecule has 0 aromatic heterocycles. The van der Waals surface area contributed by atoms with Crippen LogP contribution in [0.15, 0.2) is 71.8 Å². The van der Waals surface area contributed by atoms with Crippen LogP contribution in [0.3, 0.4) is 0 Å². The minimum atomic E-state index is -0.204. The van der Waals surface area contributed by atoms with Crippen LogP contribution >= 0.6 is 0 Å². The largest absolute Gasteiger partial charge is 0.271 e. The molecule has 0 saturated carbocycles. The minimum Gasteiger partial charge on any atom is -0.267 e. The number of amides is 1. The third kappa shape index (κ3) is 3.83. The van der Waals surface area contributed by atoms with Gasteiger partial charge in [-0.3, -0.25) is 4.79 Å². The first-order valence-corrected chi connectivity index (χ1v) is 8.79. The van der Waals surface area contributed by atoms with Crippen LogP contribution < -0.4 is 5.43 Å². The maximum absolute atomic E-state index is 12.4. The van der Waals surface area contributed by atoms with Gasteiger partial charge in [-0.1, -0.05) is 75.4 Å². The van der Waals surface area contributed by atoms with Gasteiger partial charge in [-0.15, -0.1) is 0 Å². The number of rotatable bonds is 3. The molecule has 0 radical (unpaired) electrons. The number of hydrogen-bond acceptors (Lipinski definition) is 2. The van der Waals surface area contributed by atoms with Crippen molar-refractivity contribution in [3.63, 3.8) is 0 Å². The van der Waals surface area contributed by atoms with E-state index in [1.807, 2.05) is 55.5 Å². The fraction of sp³-hybridized carbons (Fsp3) is 0.217. The van der Waals surface area contributed by atoms with Gasteiger partial charge in [0.05, 0.1) is 5.71 Å². The van der Waals surface area contributed by atoms with Gasteiger partial charge >= 0.3 is 0 Å². The van der Waals surface area contributed by atoms with E-state index in [0.717, 1.165) is 22.0 Å². The van der Waals surface area contributed by atoms with Crippen molar-refractivity contribution in [1.82, 2.24) is 5.43 Å². The monoisotopic (exact) mass is 344 g/mol. The lowest BCUT2D eigenvalue weighted by Crippen LogP contribution is -2.20. The lowest BCUT2D eigenvalue weighted by atomic mass is 9.87. The molecule has 3 nitrogen and oxygen atoms in total. The first-order chi connectivity index (χ1) is 12.4. The maximum atomic E-state index is 12.4. The highest BCUT2D eigenvalue weighted by Gasteiger charge is 2.14. The summed E-state index contributed by atoms with van der Waals surface area (Å²) < 4.78 is 0.